The summed E-state index contributed by atoms with van der Waals surface area (Å²) < 4.78 is 61.2. The predicted octanol–water partition coefficient (Wildman–Crippen LogP) is 2.94. The SMILES string of the molecule is CO[C@@H]1O[C@H](C(O)c2ccc(C(F)(F)F)c(C)c2)[C@H]2OC(C)(C)O[C@@H]12. The minimum Gasteiger partial charge on any atom is -0.386 e. The zero-order valence-corrected chi connectivity index (χ0v) is 14.3. The van der Waals surface area contributed by atoms with Gasteiger partial charge in [-0.2, -0.15) is 13.2 Å². The number of aliphatic hydroxyl groups excluding tert-OH is 1. The van der Waals surface area contributed by atoms with Crippen molar-refractivity contribution in [3.8, 4) is 0 Å². The van der Waals surface area contributed by atoms with Gasteiger partial charge < -0.3 is 24.1 Å². The fourth-order valence-electron chi connectivity index (χ4n) is 3.41. The third kappa shape index (κ3) is 3.41. The second kappa shape index (κ2) is 6.21. The smallest absolute Gasteiger partial charge is 0.386 e. The van der Waals surface area contributed by atoms with Gasteiger partial charge in [-0.25, -0.2) is 0 Å². The third-order valence-corrected chi connectivity index (χ3v) is 4.49. The van der Waals surface area contributed by atoms with E-state index >= 15 is 0 Å². The minimum atomic E-state index is -4.43. The molecule has 1 N–H and O–H groups in total. The van der Waals surface area contributed by atoms with Crippen molar-refractivity contribution in [1.82, 2.24) is 0 Å². The van der Waals surface area contributed by atoms with Crippen LogP contribution in [0.25, 0.3) is 0 Å². The molecule has 140 valence electrons. The molecule has 0 aromatic heterocycles. The molecule has 2 aliphatic rings. The molecule has 1 aromatic rings. The van der Waals surface area contributed by atoms with Gasteiger partial charge in [-0.05, 0) is 38.0 Å². The zero-order valence-electron chi connectivity index (χ0n) is 14.3. The molecule has 5 nitrogen and oxygen atoms in total. The van der Waals surface area contributed by atoms with Crippen molar-refractivity contribution in [3.63, 3.8) is 0 Å². The highest BCUT2D eigenvalue weighted by atomic mass is 19.4. The van der Waals surface area contributed by atoms with Crippen LogP contribution in [-0.4, -0.2) is 42.6 Å². The van der Waals surface area contributed by atoms with Crippen molar-refractivity contribution in [2.75, 3.05) is 7.11 Å². The van der Waals surface area contributed by atoms with Crippen LogP contribution in [-0.2, 0) is 25.1 Å². The number of hydrogen-bond acceptors (Lipinski definition) is 5. The lowest BCUT2D eigenvalue weighted by molar-refractivity contribution is -0.237. The second-order valence-electron chi connectivity index (χ2n) is 6.79. The lowest BCUT2D eigenvalue weighted by atomic mass is 9.96. The fraction of sp³-hybridized carbons (Fsp3) is 0.647. The van der Waals surface area contributed by atoms with E-state index in [1.54, 1.807) is 13.8 Å². The molecule has 0 amide bonds. The number of aryl methyl sites for hydroxylation is 1. The number of halogens is 3. The van der Waals surface area contributed by atoms with Crippen LogP contribution in [0.2, 0.25) is 0 Å². The summed E-state index contributed by atoms with van der Waals surface area (Å²) in [5.41, 5.74) is -0.380. The van der Waals surface area contributed by atoms with Crippen LogP contribution >= 0.6 is 0 Å². The van der Waals surface area contributed by atoms with E-state index in [1.165, 1.54) is 26.2 Å². The summed E-state index contributed by atoms with van der Waals surface area (Å²) >= 11 is 0. The predicted molar refractivity (Wildman–Crippen MR) is 80.6 cm³/mol. The van der Waals surface area contributed by atoms with E-state index in [0.29, 0.717) is 5.56 Å². The molecule has 0 saturated carbocycles. The van der Waals surface area contributed by atoms with Crippen molar-refractivity contribution in [2.45, 2.75) is 63.4 Å². The summed E-state index contributed by atoms with van der Waals surface area (Å²) in [6.07, 6.45) is -8.25. The molecule has 1 aromatic carbocycles. The Bertz CT molecular complexity index is 646. The van der Waals surface area contributed by atoms with Gasteiger partial charge in [0.2, 0.25) is 0 Å². The summed E-state index contributed by atoms with van der Waals surface area (Å²) in [6, 6.07) is 3.52. The second-order valence-corrected chi connectivity index (χ2v) is 6.79. The van der Waals surface area contributed by atoms with Crippen LogP contribution in [0, 0.1) is 6.92 Å². The molecule has 3 rings (SSSR count). The average Bonchev–Trinajstić information content (AvgIpc) is 2.97. The number of ether oxygens (including phenoxy) is 4. The maximum Gasteiger partial charge on any atom is 0.416 e. The Balaban J connectivity index is 1.86. The number of fused-ring (bicyclic) bond motifs is 1. The van der Waals surface area contributed by atoms with E-state index in [0.717, 1.165) is 6.07 Å². The minimum absolute atomic E-state index is 0.0332. The van der Waals surface area contributed by atoms with Gasteiger partial charge in [0.05, 0.1) is 5.56 Å². The highest BCUT2D eigenvalue weighted by Gasteiger charge is 2.57. The van der Waals surface area contributed by atoms with Gasteiger partial charge in [-0.1, -0.05) is 12.1 Å². The van der Waals surface area contributed by atoms with E-state index in [2.05, 4.69) is 0 Å². The van der Waals surface area contributed by atoms with Crippen LogP contribution in [0.15, 0.2) is 18.2 Å². The molecule has 2 heterocycles. The van der Waals surface area contributed by atoms with E-state index in [1.807, 2.05) is 0 Å². The van der Waals surface area contributed by atoms with Crippen molar-refractivity contribution in [3.05, 3.63) is 34.9 Å². The van der Waals surface area contributed by atoms with Gasteiger partial charge in [0.15, 0.2) is 12.1 Å². The molecule has 5 atom stereocenters. The summed E-state index contributed by atoms with van der Waals surface area (Å²) in [4.78, 5) is 0. The Morgan fingerprint density at radius 1 is 1.20 bits per heavy atom. The van der Waals surface area contributed by atoms with Crippen molar-refractivity contribution >= 4 is 0 Å². The van der Waals surface area contributed by atoms with E-state index in [9.17, 15) is 18.3 Å². The monoisotopic (exact) mass is 362 g/mol. The molecule has 0 spiro atoms. The first-order valence-corrected chi connectivity index (χ1v) is 7.93. The third-order valence-electron chi connectivity index (χ3n) is 4.49. The molecule has 0 aliphatic carbocycles. The fourth-order valence-corrected chi connectivity index (χ4v) is 3.41. The number of benzene rings is 1. The van der Waals surface area contributed by atoms with E-state index < -0.39 is 48.2 Å². The van der Waals surface area contributed by atoms with Crippen molar-refractivity contribution in [2.24, 2.45) is 0 Å². The Kier molecular flexibility index (Phi) is 4.62. The van der Waals surface area contributed by atoms with Gasteiger partial charge in [0.1, 0.15) is 24.4 Å². The summed E-state index contributed by atoms with van der Waals surface area (Å²) in [7, 11) is 1.45. The lowest BCUT2D eigenvalue weighted by Gasteiger charge is -2.26. The highest BCUT2D eigenvalue weighted by Crippen LogP contribution is 2.43. The molecule has 0 bridgehead atoms. The molecule has 25 heavy (non-hydrogen) atoms. The average molecular weight is 362 g/mol. The van der Waals surface area contributed by atoms with E-state index in [-0.39, 0.29) is 5.56 Å². The first-order chi connectivity index (χ1) is 11.5. The van der Waals surface area contributed by atoms with E-state index in [4.69, 9.17) is 18.9 Å². The van der Waals surface area contributed by atoms with Gasteiger partial charge in [-0.3, -0.25) is 0 Å². The number of aliphatic hydroxyl groups is 1. The van der Waals surface area contributed by atoms with Gasteiger partial charge in [-0.15, -0.1) is 0 Å². The Morgan fingerprint density at radius 3 is 2.40 bits per heavy atom. The summed E-state index contributed by atoms with van der Waals surface area (Å²) in [5.74, 6) is -0.857. The van der Waals surface area contributed by atoms with Crippen LogP contribution in [0.1, 0.15) is 36.6 Å². The molecule has 0 radical (unpaired) electrons. The quantitative estimate of drug-likeness (QED) is 0.896. The van der Waals surface area contributed by atoms with Gasteiger partial charge in [0, 0.05) is 7.11 Å². The molecule has 2 aliphatic heterocycles. The van der Waals surface area contributed by atoms with Crippen LogP contribution < -0.4 is 0 Å². The Hall–Kier alpha value is -1.19. The summed E-state index contributed by atoms with van der Waals surface area (Å²) in [5, 5.41) is 10.7. The van der Waals surface area contributed by atoms with Crippen LogP contribution in [0.4, 0.5) is 13.2 Å². The normalized spacial score (nSPS) is 32.6. The standard InChI is InChI=1S/C17H21F3O5/c1-8-7-9(5-6-10(8)17(18,19)20)11(21)12-13-14(15(22-4)23-12)25-16(2,3)24-13/h5-7,11-15,21H,1-4H3/t11?,12-,13-,14-,15-/m1/s1. The first-order valence-electron chi connectivity index (χ1n) is 7.93. The number of hydrogen-bond donors (Lipinski definition) is 1. The zero-order chi connectivity index (χ0) is 18.6. The highest BCUT2D eigenvalue weighted by molar-refractivity contribution is 5.34. The van der Waals surface area contributed by atoms with Gasteiger partial charge >= 0.3 is 6.18 Å². The number of methoxy groups -OCH3 is 1. The maximum absolute atomic E-state index is 12.9. The van der Waals surface area contributed by atoms with Crippen LogP contribution in [0.5, 0.6) is 0 Å². The number of rotatable bonds is 3. The topological polar surface area (TPSA) is 57.2 Å². The van der Waals surface area contributed by atoms with Crippen molar-refractivity contribution < 1.29 is 37.2 Å². The molecular formula is C17H21F3O5. The molecule has 1 unspecified atom stereocenters. The Labute approximate surface area is 143 Å². The molecule has 2 saturated heterocycles. The molecule has 8 heteroatoms. The lowest BCUT2D eigenvalue weighted by Crippen LogP contribution is -2.34. The van der Waals surface area contributed by atoms with Crippen molar-refractivity contribution in [1.29, 1.82) is 0 Å². The van der Waals surface area contributed by atoms with Gasteiger partial charge in [0.25, 0.3) is 0 Å². The molecule has 2 fully saturated rings. The number of alkyl halides is 3. The maximum atomic E-state index is 12.9. The first kappa shape index (κ1) is 18.6. The van der Waals surface area contributed by atoms with Crippen LogP contribution in [0.3, 0.4) is 0 Å². The summed E-state index contributed by atoms with van der Waals surface area (Å²) in [6.45, 7) is 4.83. The Morgan fingerprint density at radius 2 is 1.84 bits per heavy atom. The largest absolute Gasteiger partial charge is 0.416 e. The molecular weight excluding hydrogens is 341 g/mol.